The highest BCUT2D eigenvalue weighted by Gasteiger charge is 2.15. The van der Waals surface area contributed by atoms with E-state index < -0.39 is 0 Å². The average molecular weight is 455 g/mol. The maximum absolute atomic E-state index is 12.2. The SMILES string of the molecule is NC(=S)c1ccc(NC(=O)c2cc(Br)sc2Br)c(Cl)c1. The van der Waals surface area contributed by atoms with Crippen LogP contribution in [0.2, 0.25) is 5.02 Å². The Labute approximate surface area is 146 Å². The number of nitrogens with one attached hydrogen (secondary N) is 1. The van der Waals surface area contributed by atoms with Gasteiger partial charge in [0.25, 0.3) is 5.91 Å². The van der Waals surface area contributed by atoms with Crippen LogP contribution in [0.1, 0.15) is 15.9 Å². The summed E-state index contributed by atoms with van der Waals surface area (Å²) in [6, 6.07) is 6.74. The first-order chi connectivity index (χ1) is 9.38. The van der Waals surface area contributed by atoms with Crippen molar-refractivity contribution in [2.24, 2.45) is 5.73 Å². The number of carbonyl (C=O) groups is 1. The Morgan fingerprint density at radius 2 is 2.05 bits per heavy atom. The molecule has 3 N–H and O–H groups in total. The molecule has 0 saturated heterocycles. The lowest BCUT2D eigenvalue weighted by Crippen LogP contribution is -2.13. The number of carbonyl (C=O) groups excluding carboxylic acids is 1. The fourth-order valence-corrected chi connectivity index (χ4v) is 4.60. The molecule has 8 heteroatoms. The molecule has 104 valence electrons. The Kier molecular flexibility index (Phi) is 5.19. The van der Waals surface area contributed by atoms with Crippen LogP contribution in [0.25, 0.3) is 0 Å². The van der Waals surface area contributed by atoms with Gasteiger partial charge in [0.2, 0.25) is 0 Å². The highest BCUT2D eigenvalue weighted by Crippen LogP contribution is 2.33. The van der Waals surface area contributed by atoms with Gasteiger partial charge in [-0.15, -0.1) is 11.3 Å². The van der Waals surface area contributed by atoms with Gasteiger partial charge in [-0.25, -0.2) is 0 Å². The van der Waals surface area contributed by atoms with Crippen molar-refractivity contribution < 1.29 is 4.79 Å². The number of hydrogen-bond acceptors (Lipinski definition) is 3. The average Bonchev–Trinajstić information content (AvgIpc) is 2.70. The predicted octanol–water partition coefficient (Wildman–Crippen LogP) is 4.81. The van der Waals surface area contributed by atoms with E-state index in [2.05, 4.69) is 37.2 Å². The second-order valence-corrected chi connectivity index (χ2v) is 8.35. The predicted molar refractivity (Wildman–Crippen MR) is 95.0 cm³/mol. The maximum Gasteiger partial charge on any atom is 0.257 e. The van der Waals surface area contributed by atoms with Crippen LogP contribution < -0.4 is 11.1 Å². The molecule has 20 heavy (non-hydrogen) atoms. The number of hydrogen-bond donors (Lipinski definition) is 2. The lowest BCUT2D eigenvalue weighted by atomic mass is 10.2. The van der Waals surface area contributed by atoms with E-state index in [0.29, 0.717) is 21.8 Å². The van der Waals surface area contributed by atoms with Crippen molar-refractivity contribution in [1.29, 1.82) is 0 Å². The van der Waals surface area contributed by atoms with E-state index in [-0.39, 0.29) is 10.9 Å². The van der Waals surface area contributed by atoms with Gasteiger partial charge in [-0.05, 0) is 56.1 Å². The zero-order valence-corrected chi connectivity index (χ0v) is 15.3. The van der Waals surface area contributed by atoms with Gasteiger partial charge >= 0.3 is 0 Å². The van der Waals surface area contributed by atoms with Gasteiger partial charge in [0.1, 0.15) is 4.99 Å². The van der Waals surface area contributed by atoms with Crippen molar-refractivity contribution in [3.63, 3.8) is 0 Å². The fourth-order valence-electron chi connectivity index (χ4n) is 1.45. The highest BCUT2D eigenvalue weighted by molar-refractivity contribution is 9.12. The molecule has 1 amide bonds. The van der Waals surface area contributed by atoms with Crippen molar-refractivity contribution in [2.45, 2.75) is 0 Å². The van der Waals surface area contributed by atoms with Crippen LogP contribution in [0, 0.1) is 0 Å². The van der Waals surface area contributed by atoms with E-state index in [1.54, 1.807) is 24.3 Å². The summed E-state index contributed by atoms with van der Waals surface area (Å²) in [4.78, 5) is 12.4. The van der Waals surface area contributed by atoms with Crippen LogP contribution in [0.3, 0.4) is 0 Å². The van der Waals surface area contributed by atoms with Crippen molar-refractivity contribution in [2.75, 3.05) is 5.32 Å². The summed E-state index contributed by atoms with van der Waals surface area (Å²) in [5.74, 6) is -0.246. The quantitative estimate of drug-likeness (QED) is 0.655. The van der Waals surface area contributed by atoms with Crippen molar-refractivity contribution in [1.82, 2.24) is 0 Å². The van der Waals surface area contributed by atoms with Crippen LogP contribution in [0.4, 0.5) is 5.69 Å². The summed E-state index contributed by atoms with van der Waals surface area (Å²) in [7, 11) is 0. The maximum atomic E-state index is 12.2. The zero-order valence-electron chi connectivity index (χ0n) is 9.75. The second-order valence-electron chi connectivity index (χ2n) is 3.75. The Morgan fingerprint density at radius 3 is 2.55 bits per heavy atom. The van der Waals surface area contributed by atoms with E-state index in [0.717, 1.165) is 7.57 Å². The standard InChI is InChI=1S/C12H7Br2ClN2OS2/c13-9-4-6(10(14)20-9)12(18)17-8-2-1-5(11(16)19)3-7(8)15/h1-4H,(H2,16,19)(H,17,18). The zero-order chi connectivity index (χ0) is 14.9. The third-order valence-electron chi connectivity index (χ3n) is 2.40. The normalized spacial score (nSPS) is 10.3. The molecular formula is C12H7Br2ClN2OS2. The number of anilines is 1. The minimum atomic E-state index is -0.246. The van der Waals surface area contributed by atoms with Crippen LogP contribution >= 0.6 is 67.0 Å². The molecule has 1 aromatic heterocycles. The van der Waals surface area contributed by atoms with E-state index in [1.807, 2.05) is 0 Å². The summed E-state index contributed by atoms with van der Waals surface area (Å²) in [5.41, 5.74) is 7.22. The van der Waals surface area contributed by atoms with E-state index >= 15 is 0 Å². The number of thiophene rings is 1. The molecule has 0 fully saturated rings. The number of nitrogens with two attached hydrogens (primary N) is 1. The molecule has 2 aromatic rings. The topological polar surface area (TPSA) is 55.1 Å². The van der Waals surface area contributed by atoms with Gasteiger partial charge in [-0.3, -0.25) is 4.79 Å². The molecule has 0 bridgehead atoms. The fraction of sp³-hybridized carbons (Fsp3) is 0. The molecule has 0 aliphatic heterocycles. The molecular weight excluding hydrogens is 448 g/mol. The van der Waals surface area contributed by atoms with Crippen molar-refractivity contribution in [3.05, 3.63) is 48.0 Å². The summed E-state index contributed by atoms with van der Waals surface area (Å²) in [5, 5.41) is 3.13. The van der Waals surface area contributed by atoms with Gasteiger partial charge in [0, 0.05) is 5.56 Å². The molecule has 0 aliphatic rings. The van der Waals surface area contributed by atoms with Gasteiger partial charge in [-0.1, -0.05) is 23.8 Å². The van der Waals surface area contributed by atoms with Crippen molar-refractivity contribution >= 4 is 83.6 Å². The van der Waals surface area contributed by atoms with Crippen molar-refractivity contribution in [3.8, 4) is 0 Å². The number of amides is 1. The highest BCUT2D eigenvalue weighted by atomic mass is 79.9. The van der Waals surface area contributed by atoms with Crippen LogP contribution in [0.5, 0.6) is 0 Å². The Bertz CT molecular complexity index is 703. The summed E-state index contributed by atoms with van der Waals surface area (Å²) < 4.78 is 1.61. The van der Waals surface area contributed by atoms with Gasteiger partial charge in [0.05, 0.1) is 23.8 Å². The number of benzene rings is 1. The first kappa shape index (κ1) is 15.9. The molecule has 0 radical (unpaired) electrons. The van der Waals surface area contributed by atoms with Crippen LogP contribution in [-0.2, 0) is 0 Å². The molecule has 3 nitrogen and oxygen atoms in total. The number of rotatable bonds is 3. The molecule has 2 rings (SSSR count). The smallest absolute Gasteiger partial charge is 0.257 e. The molecule has 0 atom stereocenters. The first-order valence-corrected chi connectivity index (χ1v) is 8.43. The lowest BCUT2D eigenvalue weighted by molar-refractivity contribution is 0.102. The molecule has 1 heterocycles. The second kappa shape index (κ2) is 6.53. The largest absolute Gasteiger partial charge is 0.389 e. The summed E-state index contributed by atoms with van der Waals surface area (Å²) in [6.45, 7) is 0. The van der Waals surface area contributed by atoms with Gasteiger partial charge < -0.3 is 11.1 Å². The number of halogens is 3. The van der Waals surface area contributed by atoms with Gasteiger partial charge in [0.15, 0.2) is 0 Å². The minimum Gasteiger partial charge on any atom is -0.389 e. The summed E-state index contributed by atoms with van der Waals surface area (Å²) in [6.07, 6.45) is 0. The van der Waals surface area contributed by atoms with Gasteiger partial charge in [-0.2, -0.15) is 0 Å². The van der Waals surface area contributed by atoms with E-state index in [4.69, 9.17) is 29.6 Å². The van der Waals surface area contributed by atoms with Crippen LogP contribution in [0.15, 0.2) is 31.8 Å². The molecule has 1 aromatic carbocycles. The van der Waals surface area contributed by atoms with E-state index in [9.17, 15) is 4.79 Å². The number of thiocarbonyl (C=S) groups is 1. The Balaban J connectivity index is 2.24. The first-order valence-electron chi connectivity index (χ1n) is 5.24. The third kappa shape index (κ3) is 3.59. The van der Waals surface area contributed by atoms with Crippen LogP contribution in [-0.4, -0.2) is 10.9 Å². The summed E-state index contributed by atoms with van der Waals surface area (Å²) >= 11 is 19.1. The molecule has 0 unspecified atom stereocenters. The molecule has 0 spiro atoms. The monoisotopic (exact) mass is 452 g/mol. The lowest BCUT2D eigenvalue weighted by Gasteiger charge is -2.08. The minimum absolute atomic E-state index is 0.246. The molecule has 0 saturated carbocycles. The Hall–Kier alpha value is -0.470. The Morgan fingerprint density at radius 1 is 1.35 bits per heavy atom. The molecule has 0 aliphatic carbocycles. The van der Waals surface area contributed by atoms with E-state index in [1.165, 1.54) is 11.3 Å². The third-order valence-corrected chi connectivity index (χ3v) is 5.29.